The molecule has 4 N–H and O–H groups in total. The van der Waals surface area contributed by atoms with Gasteiger partial charge in [-0.05, 0) is 33.5 Å². The summed E-state index contributed by atoms with van der Waals surface area (Å²) >= 11 is 3.42. The predicted molar refractivity (Wildman–Crippen MR) is 80.7 cm³/mol. The Hall–Kier alpha value is -1.66. The van der Waals surface area contributed by atoms with Crippen molar-refractivity contribution in [2.45, 2.75) is 19.9 Å². The van der Waals surface area contributed by atoms with Crippen molar-refractivity contribution in [1.29, 1.82) is 0 Å². The maximum atomic E-state index is 5.37. The summed E-state index contributed by atoms with van der Waals surface area (Å²) in [7, 11) is 0. The van der Waals surface area contributed by atoms with Crippen LogP contribution in [0.3, 0.4) is 0 Å². The Morgan fingerprint density at radius 3 is 2.53 bits per heavy atom. The number of hydrogen-bond donors (Lipinski definition) is 3. The van der Waals surface area contributed by atoms with Crippen LogP contribution in [0.5, 0.6) is 0 Å². The van der Waals surface area contributed by atoms with Crippen LogP contribution >= 0.6 is 15.9 Å². The second-order valence-electron chi connectivity index (χ2n) is 4.01. The summed E-state index contributed by atoms with van der Waals surface area (Å²) in [5, 5.41) is 3.29. The number of hydrogen-bond acceptors (Lipinski definition) is 5. The van der Waals surface area contributed by atoms with Crippen LogP contribution in [0.2, 0.25) is 0 Å². The van der Waals surface area contributed by atoms with Crippen molar-refractivity contribution in [3.05, 3.63) is 46.2 Å². The van der Waals surface area contributed by atoms with E-state index < -0.39 is 0 Å². The molecule has 0 aliphatic heterocycles. The van der Waals surface area contributed by atoms with Crippen LogP contribution in [0.25, 0.3) is 0 Å². The zero-order valence-electron chi connectivity index (χ0n) is 10.7. The SMILES string of the molecule is CCc1ccccc1CNc1ncnc(NN)c1Br. The van der Waals surface area contributed by atoms with E-state index in [9.17, 15) is 0 Å². The number of nitrogen functional groups attached to an aromatic ring is 1. The van der Waals surface area contributed by atoms with Gasteiger partial charge in [0.05, 0.1) is 0 Å². The van der Waals surface area contributed by atoms with Crippen molar-refractivity contribution in [3.8, 4) is 0 Å². The molecule has 19 heavy (non-hydrogen) atoms. The summed E-state index contributed by atoms with van der Waals surface area (Å²) in [4.78, 5) is 8.20. The number of halogens is 1. The van der Waals surface area contributed by atoms with E-state index in [-0.39, 0.29) is 0 Å². The lowest BCUT2D eigenvalue weighted by atomic mass is 10.1. The molecule has 1 aromatic heterocycles. The van der Waals surface area contributed by atoms with E-state index in [4.69, 9.17) is 5.84 Å². The van der Waals surface area contributed by atoms with Crippen LogP contribution in [0.4, 0.5) is 11.6 Å². The summed E-state index contributed by atoms with van der Waals surface area (Å²) in [6.07, 6.45) is 2.48. The molecule has 0 bridgehead atoms. The summed E-state index contributed by atoms with van der Waals surface area (Å²) in [6, 6.07) is 8.35. The largest absolute Gasteiger partial charge is 0.365 e. The van der Waals surface area contributed by atoms with Crippen molar-refractivity contribution < 1.29 is 0 Å². The number of aromatic nitrogens is 2. The highest BCUT2D eigenvalue weighted by molar-refractivity contribution is 9.10. The van der Waals surface area contributed by atoms with Crippen LogP contribution < -0.4 is 16.6 Å². The zero-order valence-corrected chi connectivity index (χ0v) is 12.2. The highest BCUT2D eigenvalue weighted by Crippen LogP contribution is 2.26. The number of nitrogens with one attached hydrogen (secondary N) is 2. The molecule has 0 amide bonds. The van der Waals surface area contributed by atoms with Gasteiger partial charge in [0.1, 0.15) is 16.6 Å². The molecule has 0 aliphatic carbocycles. The van der Waals surface area contributed by atoms with E-state index in [1.807, 2.05) is 6.07 Å². The first-order valence-corrected chi connectivity index (χ1v) is 6.83. The highest BCUT2D eigenvalue weighted by atomic mass is 79.9. The molecule has 0 radical (unpaired) electrons. The van der Waals surface area contributed by atoms with E-state index in [0.717, 1.165) is 10.9 Å². The predicted octanol–water partition coefficient (Wildman–Crippen LogP) is 2.70. The number of nitrogens with zero attached hydrogens (tertiary/aromatic N) is 2. The quantitative estimate of drug-likeness (QED) is 0.583. The van der Waals surface area contributed by atoms with Gasteiger partial charge in [-0.1, -0.05) is 31.2 Å². The Morgan fingerprint density at radius 1 is 1.16 bits per heavy atom. The molecular formula is C13H16BrN5. The monoisotopic (exact) mass is 321 g/mol. The molecule has 0 unspecified atom stereocenters. The lowest BCUT2D eigenvalue weighted by Crippen LogP contribution is -2.11. The molecule has 6 heteroatoms. The fourth-order valence-corrected chi connectivity index (χ4v) is 2.31. The van der Waals surface area contributed by atoms with Crippen molar-refractivity contribution in [1.82, 2.24) is 9.97 Å². The molecule has 1 heterocycles. The minimum absolute atomic E-state index is 0.557. The Balaban J connectivity index is 2.15. The van der Waals surface area contributed by atoms with Crippen molar-refractivity contribution >= 4 is 27.6 Å². The smallest absolute Gasteiger partial charge is 0.159 e. The maximum Gasteiger partial charge on any atom is 0.159 e. The molecule has 2 aromatic rings. The van der Waals surface area contributed by atoms with E-state index in [2.05, 4.69) is 61.8 Å². The highest BCUT2D eigenvalue weighted by Gasteiger charge is 2.07. The van der Waals surface area contributed by atoms with Gasteiger partial charge in [0.15, 0.2) is 5.82 Å². The third-order valence-electron chi connectivity index (χ3n) is 2.87. The lowest BCUT2D eigenvalue weighted by molar-refractivity contribution is 1.02. The van der Waals surface area contributed by atoms with Gasteiger partial charge in [0, 0.05) is 6.54 Å². The zero-order chi connectivity index (χ0) is 13.7. The first kappa shape index (κ1) is 13.8. The molecule has 1 aromatic carbocycles. The van der Waals surface area contributed by atoms with Gasteiger partial charge >= 0.3 is 0 Å². The summed E-state index contributed by atoms with van der Waals surface area (Å²) < 4.78 is 0.728. The number of benzene rings is 1. The van der Waals surface area contributed by atoms with Crippen molar-refractivity contribution in [2.24, 2.45) is 5.84 Å². The number of aryl methyl sites for hydroxylation is 1. The van der Waals surface area contributed by atoms with E-state index in [1.165, 1.54) is 17.5 Å². The summed E-state index contributed by atoms with van der Waals surface area (Å²) in [5.41, 5.74) is 5.11. The maximum absolute atomic E-state index is 5.37. The molecule has 2 rings (SSSR count). The van der Waals surface area contributed by atoms with Crippen LogP contribution in [0, 0.1) is 0 Å². The van der Waals surface area contributed by atoms with E-state index >= 15 is 0 Å². The standard InChI is InChI=1S/C13H16BrN5/c1-2-9-5-3-4-6-10(9)7-16-12-11(14)13(19-15)18-8-17-12/h3-6,8H,2,7,15H2,1H3,(H2,16,17,18,19). The third-order valence-corrected chi connectivity index (χ3v) is 3.62. The Labute approximate surface area is 120 Å². The van der Waals surface area contributed by atoms with Crippen LogP contribution in [-0.4, -0.2) is 9.97 Å². The second-order valence-corrected chi connectivity index (χ2v) is 4.80. The Morgan fingerprint density at radius 2 is 1.84 bits per heavy atom. The van der Waals surface area contributed by atoms with Gasteiger partial charge in [0.2, 0.25) is 0 Å². The number of anilines is 2. The molecule has 0 fully saturated rings. The van der Waals surface area contributed by atoms with Gasteiger partial charge < -0.3 is 10.7 Å². The molecule has 100 valence electrons. The number of rotatable bonds is 5. The number of hydrazine groups is 1. The molecular weight excluding hydrogens is 306 g/mol. The number of nitrogens with two attached hydrogens (primary N) is 1. The van der Waals surface area contributed by atoms with E-state index in [1.54, 1.807) is 0 Å². The molecule has 0 saturated carbocycles. The van der Waals surface area contributed by atoms with Crippen LogP contribution in [0.1, 0.15) is 18.1 Å². The Kier molecular flexibility index (Phi) is 4.70. The van der Waals surface area contributed by atoms with Crippen LogP contribution in [-0.2, 0) is 13.0 Å². The lowest BCUT2D eigenvalue weighted by Gasteiger charge is -2.12. The summed E-state index contributed by atoms with van der Waals surface area (Å²) in [5.74, 6) is 6.65. The van der Waals surface area contributed by atoms with Gasteiger partial charge in [-0.2, -0.15) is 0 Å². The van der Waals surface area contributed by atoms with Crippen LogP contribution in [0.15, 0.2) is 35.1 Å². The molecule has 5 nitrogen and oxygen atoms in total. The normalized spacial score (nSPS) is 10.3. The van der Waals surface area contributed by atoms with Gasteiger partial charge in [-0.25, -0.2) is 15.8 Å². The fourth-order valence-electron chi connectivity index (χ4n) is 1.85. The summed E-state index contributed by atoms with van der Waals surface area (Å²) in [6.45, 7) is 2.86. The molecule has 0 saturated heterocycles. The van der Waals surface area contributed by atoms with Crippen molar-refractivity contribution in [3.63, 3.8) is 0 Å². The first-order chi connectivity index (χ1) is 9.26. The average molecular weight is 322 g/mol. The molecule has 0 atom stereocenters. The molecule has 0 spiro atoms. The van der Waals surface area contributed by atoms with Gasteiger partial charge in [-0.15, -0.1) is 0 Å². The first-order valence-electron chi connectivity index (χ1n) is 6.04. The average Bonchev–Trinajstić information content (AvgIpc) is 2.46. The minimum Gasteiger partial charge on any atom is -0.365 e. The molecule has 0 aliphatic rings. The van der Waals surface area contributed by atoms with E-state index in [0.29, 0.717) is 18.2 Å². The van der Waals surface area contributed by atoms with Gasteiger partial charge in [-0.3, -0.25) is 0 Å². The van der Waals surface area contributed by atoms with Crippen molar-refractivity contribution in [2.75, 3.05) is 10.7 Å². The second kappa shape index (κ2) is 6.49. The fraction of sp³-hybridized carbons (Fsp3) is 0.231. The minimum atomic E-state index is 0.557. The Bertz CT molecular complexity index is 558. The third kappa shape index (κ3) is 3.21. The topological polar surface area (TPSA) is 75.9 Å². The van der Waals surface area contributed by atoms with Gasteiger partial charge in [0.25, 0.3) is 0 Å².